The van der Waals surface area contributed by atoms with Crippen LogP contribution in [0.5, 0.6) is 0 Å². The van der Waals surface area contributed by atoms with E-state index < -0.39 is 0 Å². The summed E-state index contributed by atoms with van der Waals surface area (Å²) >= 11 is 0. The summed E-state index contributed by atoms with van der Waals surface area (Å²) in [7, 11) is 3.69. The Morgan fingerprint density at radius 3 is 2.65 bits per heavy atom. The lowest BCUT2D eigenvalue weighted by Crippen LogP contribution is -1.98. The minimum atomic E-state index is 0.992. The van der Waals surface area contributed by atoms with Gasteiger partial charge in [0.25, 0.3) is 0 Å². The molecular formula is C15H20N2. The minimum Gasteiger partial charge on any atom is -0.388 e. The van der Waals surface area contributed by atoms with Crippen LogP contribution in [0, 0.1) is 6.92 Å². The number of rotatable bonds is 4. The van der Waals surface area contributed by atoms with Gasteiger partial charge in [0, 0.05) is 31.6 Å². The zero-order valence-corrected chi connectivity index (χ0v) is 11.0. The molecule has 0 saturated heterocycles. The Morgan fingerprint density at radius 2 is 2.12 bits per heavy atom. The Hall–Kier alpha value is -1.83. The van der Waals surface area contributed by atoms with Gasteiger partial charge in [-0.25, -0.2) is 0 Å². The van der Waals surface area contributed by atoms with Crippen molar-refractivity contribution in [2.75, 3.05) is 19.4 Å². The van der Waals surface area contributed by atoms with Gasteiger partial charge in [-0.3, -0.25) is 4.99 Å². The SMILES string of the molecule is C=C(/C(C=NC)=C/C)c1cc(C)ccc1NC. The highest BCUT2D eigenvalue weighted by molar-refractivity contribution is 6.02. The van der Waals surface area contributed by atoms with E-state index in [0.29, 0.717) is 0 Å². The van der Waals surface area contributed by atoms with E-state index in [-0.39, 0.29) is 0 Å². The molecule has 0 amide bonds. The third kappa shape index (κ3) is 3.06. The van der Waals surface area contributed by atoms with Crippen LogP contribution in [-0.4, -0.2) is 20.3 Å². The number of hydrogen-bond donors (Lipinski definition) is 1. The lowest BCUT2D eigenvalue weighted by Gasteiger charge is -2.13. The van der Waals surface area contributed by atoms with E-state index in [9.17, 15) is 0 Å². The topological polar surface area (TPSA) is 24.4 Å². The molecule has 0 heterocycles. The van der Waals surface area contributed by atoms with Gasteiger partial charge in [-0.15, -0.1) is 0 Å². The highest BCUT2D eigenvalue weighted by Crippen LogP contribution is 2.28. The van der Waals surface area contributed by atoms with Gasteiger partial charge < -0.3 is 5.32 Å². The summed E-state index contributed by atoms with van der Waals surface area (Å²) in [6, 6.07) is 6.30. The Kier molecular flexibility index (Phi) is 4.70. The van der Waals surface area contributed by atoms with Crippen molar-refractivity contribution in [3.63, 3.8) is 0 Å². The molecule has 0 aromatic heterocycles. The fourth-order valence-corrected chi connectivity index (χ4v) is 1.75. The Morgan fingerprint density at radius 1 is 1.41 bits per heavy atom. The van der Waals surface area contributed by atoms with E-state index in [1.807, 2.05) is 26.3 Å². The highest BCUT2D eigenvalue weighted by Gasteiger charge is 2.08. The number of anilines is 1. The van der Waals surface area contributed by atoms with Crippen molar-refractivity contribution in [3.05, 3.63) is 47.6 Å². The van der Waals surface area contributed by atoms with Crippen LogP contribution in [-0.2, 0) is 0 Å². The number of aliphatic imine (C=N–C) groups is 1. The first-order chi connectivity index (χ1) is 8.13. The number of benzene rings is 1. The first-order valence-electron chi connectivity index (χ1n) is 5.70. The lowest BCUT2D eigenvalue weighted by atomic mass is 9.96. The third-order valence-corrected chi connectivity index (χ3v) is 2.70. The molecule has 0 aliphatic carbocycles. The molecule has 0 spiro atoms. The second-order valence-corrected chi connectivity index (χ2v) is 3.91. The maximum Gasteiger partial charge on any atom is 0.0417 e. The molecule has 1 aromatic rings. The molecule has 0 saturated carbocycles. The zero-order valence-electron chi connectivity index (χ0n) is 11.0. The lowest BCUT2D eigenvalue weighted by molar-refractivity contribution is 1.40. The van der Waals surface area contributed by atoms with Crippen molar-refractivity contribution in [1.29, 1.82) is 0 Å². The monoisotopic (exact) mass is 228 g/mol. The van der Waals surface area contributed by atoms with Crippen LogP contribution in [0.4, 0.5) is 5.69 Å². The Labute approximate surface area is 104 Å². The molecule has 1 aromatic carbocycles. The zero-order chi connectivity index (χ0) is 12.8. The molecule has 0 bridgehead atoms. The summed E-state index contributed by atoms with van der Waals surface area (Å²) in [5.41, 5.74) is 5.48. The standard InChI is InChI=1S/C15H20N2/c1-6-13(10-16-4)12(3)14-9-11(2)7-8-15(14)17-5/h6-10,17H,3H2,1-2,4-5H3/b13-6+,16-10?. The predicted molar refractivity (Wildman–Crippen MR) is 77.9 cm³/mol. The van der Waals surface area contributed by atoms with E-state index in [1.54, 1.807) is 7.05 Å². The molecule has 0 aliphatic heterocycles. The van der Waals surface area contributed by atoms with Crippen LogP contribution >= 0.6 is 0 Å². The maximum absolute atomic E-state index is 4.16. The van der Waals surface area contributed by atoms with Gasteiger partial charge in [0.2, 0.25) is 0 Å². The number of allylic oxidation sites excluding steroid dienone is 3. The van der Waals surface area contributed by atoms with Crippen LogP contribution in [0.2, 0.25) is 0 Å². The molecule has 0 aliphatic rings. The molecular weight excluding hydrogens is 208 g/mol. The quantitative estimate of drug-likeness (QED) is 0.616. The normalized spacial score (nSPS) is 11.9. The first kappa shape index (κ1) is 13.2. The Bertz CT molecular complexity index is 468. The van der Waals surface area contributed by atoms with Gasteiger partial charge in [0.1, 0.15) is 0 Å². The van der Waals surface area contributed by atoms with Crippen LogP contribution < -0.4 is 5.32 Å². The van der Waals surface area contributed by atoms with E-state index in [2.05, 4.69) is 42.0 Å². The van der Waals surface area contributed by atoms with Crippen LogP contribution in [0.25, 0.3) is 5.57 Å². The van der Waals surface area contributed by atoms with Crippen molar-refractivity contribution in [3.8, 4) is 0 Å². The molecule has 1 N–H and O–H groups in total. The summed E-state index contributed by atoms with van der Waals surface area (Å²) in [5.74, 6) is 0. The molecule has 90 valence electrons. The summed E-state index contributed by atoms with van der Waals surface area (Å²) in [6.45, 7) is 8.24. The predicted octanol–water partition coefficient (Wildman–Crippen LogP) is 3.70. The average molecular weight is 228 g/mol. The van der Waals surface area contributed by atoms with Crippen molar-refractivity contribution in [2.45, 2.75) is 13.8 Å². The van der Waals surface area contributed by atoms with Crippen molar-refractivity contribution in [2.24, 2.45) is 4.99 Å². The van der Waals surface area contributed by atoms with Crippen molar-refractivity contribution >= 4 is 17.5 Å². The Balaban J connectivity index is 3.23. The maximum atomic E-state index is 4.16. The molecule has 0 fully saturated rings. The number of nitrogens with zero attached hydrogens (tertiary/aromatic N) is 1. The molecule has 17 heavy (non-hydrogen) atoms. The largest absolute Gasteiger partial charge is 0.388 e. The van der Waals surface area contributed by atoms with E-state index >= 15 is 0 Å². The highest BCUT2D eigenvalue weighted by atomic mass is 14.8. The van der Waals surface area contributed by atoms with Gasteiger partial charge in [0.15, 0.2) is 0 Å². The molecule has 2 nitrogen and oxygen atoms in total. The molecule has 0 unspecified atom stereocenters. The number of aryl methyl sites for hydroxylation is 1. The minimum absolute atomic E-state index is 0.992. The second-order valence-electron chi connectivity index (χ2n) is 3.91. The van der Waals surface area contributed by atoms with Gasteiger partial charge in [0.05, 0.1) is 0 Å². The van der Waals surface area contributed by atoms with Gasteiger partial charge in [-0.05, 0) is 37.1 Å². The smallest absolute Gasteiger partial charge is 0.0417 e. The summed E-state index contributed by atoms with van der Waals surface area (Å²) < 4.78 is 0. The third-order valence-electron chi connectivity index (χ3n) is 2.70. The van der Waals surface area contributed by atoms with Crippen LogP contribution in [0.15, 0.2) is 41.4 Å². The average Bonchev–Trinajstić information content (AvgIpc) is 2.35. The van der Waals surface area contributed by atoms with Gasteiger partial charge in [-0.1, -0.05) is 24.3 Å². The van der Waals surface area contributed by atoms with E-state index in [1.165, 1.54) is 5.56 Å². The number of nitrogens with one attached hydrogen (secondary N) is 1. The van der Waals surface area contributed by atoms with E-state index in [4.69, 9.17) is 0 Å². The molecule has 0 atom stereocenters. The molecule has 0 radical (unpaired) electrons. The van der Waals surface area contributed by atoms with Crippen LogP contribution in [0.1, 0.15) is 18.1 Å². The van der Waals surface area contributed by atoms with Gasteiger partial charge >= 0.3 is 0 Å². The summed E-state index contributed by atoms with van der Waals surface area (Å²) in [4.78, 5) is 4.06. The van der Waals surface area contributed by atoms with E-state index in [0.717, 1.165) is 22.4 Å². The fraction of sp³-hybridized carbons (Fsp3) is 0.267. The van der Waals surface area contributed by atoms with Crippen molar-refractivity contribution < 1.29 is 0 Å². The first-order valence-corrected chi connectivity index (χ1v) is 5.70. The summed E-state index contributed by atoms with van der Waals surface area (Å²) in [5, 5.41) is 3.19. The van der Waals surface area contributed by atoms with Crippen LogP contribution in [0.3, 0.4) is 0 Å². The molecule has 2 heteroatoms. The summed E-state index contributed by atoms with van der Waals surface area (Å²) in [6.07, 6.45) is 3.86. The fourth-order valence-electron chi connectivity index (χ4n) is 1.75. The molecule has 1 rings (SSSR count). The second kappa shape index (κ2) is 6.04. The number of hydrogen-bond acceptors (Lipinski definition) is 2. The van der Waals surface area contributed by atoms with Crippen molar-refractivity contribution in [1.82, 2.24) is 0 Å². The van der Waals surface area contributed by atoms with Gasteiger partial charge in [-0.2, -0.15) is 0 Å².